The summed E-state index contributed by atoms with van der Waals surface area (Å²) in [4.78, 5) is 4.59. The molecule has 0 fully saturated rings. The lowest BCUT2D eigenvalue weighted by Crippen LogP contribution is -1.92. The van der Waals surface area contributed by atoms with Crippen LogP contribution in [0.3, 0.4) is 0 Å². The summed E-state index contributed by atoms with van der Waals surface area (Å²) >= 11 is 1.46. The number of allylic oxidation sites excluding steroid dienone is 1. The Labute approximate surface area is 143 Å². The number of nitrogens with zero attached hydrogens (tertiary/aromatic N) is 2. The molecule has 4 nitrogen and oxygen atoms in total. The van der Waals surface area contributed by atoms with Gasteiger partial charge in [0.15, 0.2) is 11.5 Å². The zero-order chi connectivity index (χ0) is 16.4. The average Bonchev–Trinajstić information content (AvgIpc) is 3.29. The molecule has 0 amide bonds. The molecule has 0 saturated heterocycles. The number of fused-ring (bicyclic) bond motifs is 1. The molecule has 0 aliphatic carbocycles. The average molecular weight is 332 g/mol. The van der Waals surface area contributed by atoms with Crippen molar-refractivity contribution >= 4 is 23.0 Å². The first kappa shape index (κ1) is 14.5. The molecule has 1 aliphatic heterocycles. The fraction of sp³-hybridized carbons (Fsp3) is 0.0526. The third-order valence-corrected chi connectivity index (χ3v) is 4.51. The summed E-state index contributed by atoms with van der Waals surface area (Å²) in [6.45, 7) is 0.237. The second-order valence-corrected chi connectivity index (χ2v) is 6.04. The minimum atomic E-state index is 0.237. The van der Waals surface area contributed by atoms with Crippen molar-refractivity contribution in [3.8, 4) is 28.8 Å². The highest BCUT2D eigenvalue weighted by Crippen LogP contribution is 2.34. The number of ether oxygens (including phenoxy) is 2. The molecule has 1 aliphatic rings. The molecular formula is C19H12N2O2S. The molecule has 2 aromatic carbocycles. The van der Waals surface area contributed by atoms with E-state index >= 15 is 0 Å². The predicted octanol–water partition coefficient (Wildman–Crippen LogP) is 4.60. The molecule has 0 N–H and O–H groups in total. The van der Waals surface area contributed by atoms with Crippen LogP contribution in [-0.4, -0.2) is 11.8 Å². The summed E-state index contributed by atoms with van der Waals surface area (Å²) in [7, 11) is 0. The first-order valence-corrected chi connectivity index (χ1v) is 8.24. The third-order valence-electron chi connectivity index (χ3n) is 3.63. The molecular weight excluding hydrogens is 320 g/mol. The van der Waals surface area contributed by atoms with Gasteiger partial charge in [-0.15, -0.1) is 11.3 Å². The van der Waals surface area contributed by atoms with Gasteiger partial charge in [-0.25, -0.2) is 4.98 Å². The van der Waals surface area contributed by atoms with Crippen LogP contribution in [0.5, 0.6) is 11.5 Å². The Kier molecular flexibility index (Phi) is 3.73. The van der Waals surface area contributed by atoms with Crippen LogP contribution in [0, 0.1) is 11.3 Å². The van der Waals surface area contributed by atoms with Gasteiger partial charge in [-0.3, -0.25) is 0 Å². The number of nitriles is 1. The van der Waals surface area contributed by atoms with Gasteiger partial charge in [0.2, 0.25) is 6.79 Å². The molecule has 0 radical (unpaired) electrons. The summed E-state index contributed by atoms with van der Waals surface area (Å²) in [6.07, 6.45) is 1.82. The highest BCUT2D eigenvalue weighted by molar-refractivity contribution is 7.11. The molecule has 0 spiro atoms. The predicted molar refractivity (Wildman–Crippen MR) is 93.6 cm³/mol. The fourth-order valence-corrected chi connectivity index (χ4v) is 3.24. The molecule has 5 heteroatoms. The quantitative estimate of drug-likeness (QED) is 0.658. The second-order valence-electron chi connectivity index (χ2n) is 5.19. The van der Waals surface area contributed by atoms with E-state index in [1.165, 1.54) is 11.3 Å². The van der Waals surface area contributed by atoms with Crippen molar-refractivity contribution in [3.63, 3.8) is 0 Å². The molecule has 24 heavy (non-hydrogen) atoms. The lowest BCUT2D eigenvalue weighted by molar-refractivity contribution is 0.174. The van der Waals surface area contributed by atoms with Crippen molar-refractivity contribution in [3.05, 3.63) is 64.5 Å². The smallest absolute Gasteiger partial charge is 0.231 e. The maximum atomic E-state index is 9.51. The monoisotopic (exact) mass is 332 g/mol. The first-order valence-electron chi connectivity index (χ1n) is 7.36. The van der Waals surface area contributed by atoms with Gasteiger partial charge in [-0.05, 0) is 23.8 Å². The number of thiazole rings is 1. The van der Waals surface area contributed by atoms with Crippen molar-refractivity contribution in [1.82, 2.24) is 4.98 Å². The fourth-order valence-electron chi connectivity index (χ4n) is 2.45. The Bertz CT molecular complexity index is 955. The largest absolute Gasteiger partial charge is 0.454 e. The summed E-state index contributed by atoms with van der Waals surface area (Å²) in [6, 6.07) is 17.8. The Morgan fingerprint density at radius 1 is 1.12 bits per heavy atom. The van der Waals surface area contributed by atoms with Gasteiger partial charge < -0.3 is 9.47 Å². The number of aromatic nitrogens is 1. The van der Waals surface area contributed by atoms with E-state index in [1.54, 1.807) is 0 Å². The standard InChI is InChI=1S/C19H12N2O2S/c20-10-15(8-13-6-7-17-18(9-13)23-12-22-17)19-21-16(11-24-19)14-4-2-1-3-5-14/h1-9,11H,12H2. The van der Waals surface area contributed by atoms with Crippen molar-refractivity contribution in [2.75, 3.05) is 6.79 Å². The van der Waals surface area contributed by atoms with Gasteiger partial charge in [-0.2, -0.15) is 5.26 Å². The van der Waals surface area contributed by atoms with Gasteiger partial charge in [0.1, 0.15) is 11.1 Å². The molecule has 4 rings (SSSR count). The zero-order valence-corrected chi connectivity index (χ0v) is 13.4. The minimum Gasteiger partial charge on any atom is -0.454 e. The van der Waals surface area contributed by atoms with Crippen LogP contribution in [0.25, 0.3) is 22.9 Å². The topological polar surface area (TPSA) is 55.1 Å². The van der Waals surface area contributed by atoms with E-state index in [1.807, 2.05) is 60.0 Å². The molecule has 3 aromatic rings. The van der Waals surface area contributed by atoms with Gasteiger partial charge in [0.25, 0.3) is 0 Å². The van der Waals surface area contributed by atoms with E-state index in [2.05, 4.69) is 11.1 Å². The van der Waals surface area contributed by atoms with E-state index in [0.29, 0.717) is 16.3 Å². The van der Waals surface area contributed by atoms with Crippen molar-refractivity contribution in [2.24, 2.45) is 0 Å². The van der Waals surface area contributed by atoms with Crippen LogP contribution in [0.15, 0.2) is 53.9 Å². The number of rotatable bonds is 3. The summed E-state index contributed by atoms with van der Waals surface area (Å²) in [5, 5.41) is 12.2. The van der Waals surface area contributed by atoms with E-state index in [0.717, 1.165) is 22.6 Å². The summed E-state index contributed by atoms with van der Waals surface area (Å²) in [5.41, 5.74) is 3.33. The van der Waals surface area contributed by atoms with Crippen LogP contribution < -0.4 is 9.47 Å². The molecule has 0 atom stereocenters. The maximum absolute atomic E-state index is 9.51. The Balaban J connectivity index is 1.67. The number of hydrogen-bond acceptors (Lipinski definition) is 5. The molecule has 116 valence electrons. The lowest BCUT2D eigenvalue weighted by Gasteiger charge is -1.99. The van der Waals surface area contributed by atoms with E-state index in [4.69, 9.17) is 9.47 Å². The highest BCUT2D eigenvalue weighted by atomic mass is 32.1. The van der Waals surface area contributed by atoms with Crippen molar-refractivity contribution < 1.29 is 9.47 Å². The molecule has 0 bridgehead atoms. The van der Waals surface area contributed by atoms with Crippen LogP contribution in [-0.2, 0) is 0 Å². The molecule has 2 heterocycles. The Morgan fingerprint density at radius 2 is 1.96 bits per heavy atom. The zero-order valence-electron chi connectivity index (χ0n) is 12.6. The van der Waals surface area contributed by atoms with E-state index in [9.17, 15) is 5.26 Å². The van der Waals surface area contributed by atoms with Gasteiger partial charge >= 0.3 is 0 Å². The van der Waals surface area contributed by atoms with Crippen molar-refractivity contribution in [1.29, 1.82) is 5.26 Å². The van der Waals surface area contributed by atoms with Gasteiger partial charge in [-0.1, -0.05) is 36.4 Å². The Hall–Kier alpha value is -3.10. The highest BCUT2D eigenvalue weighted by Gasteiger charge is 2.14. The van der Waals surface area contributed by atoms with Crippen LogP contribution in [0.1, 0.15) is 10.6 Å². The number of hydrogen-bond donors (Lipinski definition) is 0. The van der Waals surface area contributed by atoms with E-state index < -0.39 is 0 Å². The third kappa shape index (κ3) is 2.75. The second kappa shape index (κ2) is 6.19. The SMILES string of the molecule is N#CC(=Cc1ccc2c(c1)OCO2)c1nc(-c2ccccc2)cs1. The van der Waals surface area contributed by atoms with Gasteiger partial charge in [0, 0.05) is 10.9 Å². The van der Waals surface area contributed by atoms with Crippen molar-refractivity contribution in [2.45, 2.75) is 0 Å². The Morgan fingerprint density at radius 3 is 2.79 bits per heavy atom. The summed E-state index contributed by atoms with van der Waals surface area (Å²) in [5.74, 6) is 1.43. The van der Waals surface area contributed by atoms with Gasteiger partial charge in [0.05, 0.1) is 11.3 Å². The van der Waals surface area contributed by atoms with Crippen LogP contribution in [0.4, 0.5) is 0 Å². The molecule has 0 unspecified atom stereocenters. The molecule has 0 saturated carbocycles. The minimum absolute atomic E-state index is 0.237. The first-order chi connectivity index (χ1) is 11.8. The van der Waals surface area contributed by atoms with E-state index in [-0.39, 0.29) is 6.79 Å². The maximum Gasteiger partial charge on any atom is 0.231 e. The normalized spacial score (nSPS) is 12.9. The van der Waals surface area contributed by atoms with Crippen LogP contribution >= 0.6 is 11.3 Å². The van der Waals surface area contributed by atoms with Crippen LogP contribution in [0.2, 0.25) is 0 Å². The number of benzene rings is 2. The lowest BCUT2D eigenvalue weighted by atomic mass is 10.1. The summed E-state index contributed by atoms with van der Waals surface area (Å²) < 4.78 is 10.7. The molecule has 1 aromatic heterocycles.